The quantitative estimate of drug-likeness (QED) is 0.588. The number of rotatable bonds is 10. The second-order valence-corrected chi connectivity index (χ2v) is 7.59. The highest BCUT2D eigenvalue weighted by atomic mass is 16.5. The molecule has 1 aliphatic rings. The Morgan fingerprint density at radius 1 is 0.926 bits per heavy atom. The lowest BCUT2D eigenvalue weighted by Gasteiger charge is -2.28. The van der Waals surface area contributed by atoms with Crippen LogP contribution in [0, 0.1) is 0 Å². The van der Waals surface area contributed by atoms with E-state index in [4.69, 9.17) is 4.74 Å². The van der Waals surface area contributed by atoms with Crippen LogP contribution in [0.25, 0.3) is 0 Å². The molecule has 0 radical (unpaired) electrons. The van der Waals surface area contributed by atoms with Gasteiger partial charge in [0.15, 0.2) is 0 Å². The zero-order valence-electron chi connectivity index (χ0n) is 16.5. The van der Waals surface area contributed by atoms with Crippen LogP contribution in [-0.4, -0.2) is 36.2 Å². The largest absolute Gasteiger partial charge is 0.494 e. The van der Waals surface area contributed by atoms with Crippen molar-refractivity contribution in [1.82, 2.24) is 4.90 Å². The Labute approximate surface area is 164 Å². The first-order chi connectivity index (χ1) is 13.3. The van der Waals surface area contributed by atoms with E-state index in [1.807, 2.05) is 30.3 Å². The highest BCUT2D eigenvalue weighted by Crippen LogP contribution is 2.33. The molecular weight excluding hydrogens is 334 g/mol. The maximum Gasteiger partial charge on any atom is 0.119 e. The lowest BCUT2D eigenvalue weighted by Crippen LogP contribution is -2.29. The highest BCUT2D eigenvalue weighted by Gasteiger charge is 2.26. The van der Waals surface area contributed by atoms with Crippen molar-refractivity contribution >= 4 is 0 Å². The van der Waals surface area contributed by atoms with E-state index < -0.39 is 6.10 Å². The number of hydrogen-bond acceptors (Lipinski definition) is 3. The Hall–Kier alpha value is -1.84. The van der Waals surface area contributed by atoms with Crippen molar-refractivity contribution < 1.29 is 9.84 Å². The van der Waals surface area contributed by atoms with Crippen LogP contribution in [0.1, 0.15) is 62.2 Å². The molecule has 2 aromatic rings. The Balaban J connectivity index is 1.68. The van der Waals surface area contributed by atoms with Crippen LogP contribution in [0.15, 0.2) is 54.6 Å². The van der Waals surface area contributed by atoms with E-state index in [1.165, 1.54) is 31.2 Å². The summed E-state index contributed by atoms with van der Waals surface area (Å²) in [7, 11) is 0. The molecule has 1 fully saturated rings. The molecule has 2 atom stereocenters. The van der Waals surface area contributed by atoms with Crippen molar-refractivity contribution in [1.29, 1.82) is 0 Å². The summed E-state index contributed by atoms with van der Waals surface area (Å²) in [5.74, 6) is 0.971. The van der Waals surface area contributed by atoms with E-state index in [9.17, 15) is 5.11 Å². The Bertz CT molecular complexity index is 650. The maximum atomic E-state index is 11.2. The predicted octanol–water partition coefficient (Wildman–Crippen LogP) is 5.17. The van der Waals surface area contributed by atoms with Crippen LogP contribution >= 0.6 is 0 Å². The van der Waals surface area contributed by atoms with Crippen molar-refractivity contribution in [2.75, 3.05) is 26.2 Å². The van der Waals surface area contributed by atoms with E-state index in [-0.39, 0.29) is 5.92 Å². The van der Waals surface area contributed by atoms with Gasteiger partial charge in [-0.15, -0.1) is 0 Å². The topological polar surface area (TPSA) is 32.7 Å². The average molecular weight is 368 g/mol. The highest BCUT2D eigenvalue weighted by molar-refractivity contribution is 5.32. The van der Waals surface area contributed by atoms with E-state index >= 15 is 0 Å². The third kappa shape index (κ3) is 5.82. The second kappa shape index (κ2) is 10.5. The minimum atomic E-state index is -0.512. The molecule has 3 rings (SSSR count). The van der Waals surface area contributed by atoms with Gasteiger partial charge in [0.25, 0.3) is 0 Å². The summed E-state index contributed by atoms with van der Waals surface area (Å²) in [4.78, 5) is 2.48. The normalized spacial score (nSPS) is 17.0. The molecule has 0 unspecified atom stereocenters. The van der Waals surface area contributed by atoms with Gasteiger partial charge in [-0.25, -0.2) is 0 Å². The second-order valence-electron chi connectivity index (χ2n) is 7.59. The molecule has 0 spiro atoms. The summed E-state index contributed by atoms with van der Waals surface area (Å²) in [6.45, 7) is 6.14. The van der Waals surface area contributed by atoms with E-state index in [0.29, 0.717) is 0 Å². The molecule has 0 saturated carbocycles. The molecular formula is C24H33NO2. The fourth-order valence-corrected chi connectivity index (χ4v) is 3.87. The number of hydrogen-bond donors (Lipinski definition) is 1. The lowest BCUT2D eigenvalue weighted by atomic mass is 9.88. The predicted molar refractivity (Wildman–Crippen MR) is 111 cm³/mol. The summed E-state index contributed by atoms with van der Waals surface area (Å²) >= 11 is 0. The number of aliphatic hydroxyl groups is 1. The van der Waals surface area contributed by atoms with Crippen molar-refractivity contribution in [3.63, 3.8) is 0 Å². The van der Waals surface area contributed by atoms with Crippen LogP contribution < -0.4 is 4.74 Å². The van der Waals surface area contributed by atoms with Gasteiger partial charge in [0.1, 0.15) is 5.75 Å². The molecule has 0 aromatic heterocycles. The number of nitrogens with zero attached hydrogens (tertiary/aromatic N) is 1. The average Bonchev–Trinajstić information content (AvgIpc) is 3.23. The van der Waals surface area contributed by atoms with Gasteiger partial charge < -0.3 is 14.7 Å². The zero-order valence-corrected chi connectivity index (χ0v) is 16.5. The maximum absolute atomic E-state index is 11.2. The Morgan fingerprint density at radius 2 is 1.63 bits per heavy atom. The van der Waals surface area contributed by atoms with Gasteiger partial charge in [-0.3, -0.25) is 0 Å². The van der Waals surface area contributed by atoms with E-state index in [2.05, 4.69) is 36.1 Å². The molecule has 3 nitrogen and oxygen atoms in total. The smallest absolute Gasteiger partial charge is 0.119 e. The first kappa shape index (κ1) is 19.9. The van der Waals surface area contributed by atoms with Gasteiger partial charge in [-0.05, 0) is 55.6 Å². The van der Waals surface area contributed by atoms with Gasteiger partial charge in [-0.1, -0.05) is 62.2 Å². The van der Waals surface area contributed by atoms with E-state index in [1.54, 1.807) is 0 Å². The summed E-state index contributed by atoms with van der Waals surface area (Å²) in [6.07, 6.45) is 5.51. The number of aliphatic hydroxyl groups excluding tert-OH is 1. The SMILES string of the molecule is CCCCCOc1ccc([C@@H](O)[C@@H](CN2CCCC2)c2ccccc2)cc1. The molecule has 0 aliphatic carbocycles. The summed E-state index contributed by atoms with van der Waals surface area (Å²) < 4.78 is 5.81. The minimum absolute atomic E-state index is 0.0839. The molecule has 1 heterocycles. The third-order valence-corrected chi connectivity index (χ3v) is 5.50. The monoisotopic (exact) mass is 367 g/mol. The minimum Gasteiger partial charge on any atom is -0.494 e. The standard InChI is InChI=1S/C24H33NO2/c1-2-3-9-18-27-22-14-12-21(13-15-22)24(26)23(19-25-16-7-8-17-25)20-10-5-4-6-11-20/h4-6,10-15,23-24,26H,2-3,7-9,16-19H2,1H3/t23-,24+/m0/s1. The first-order valence-electron chi connectivity index (χ1n) is 10.5. The third-order valence-electron chi connectivity index (χ3n) is 5.50. The Morgan fingerprint density at radius 3 is 2.30 bits per heavy atom. The van der Waals surface area contributed by atoms with Gasteiger partial charge in [0.05, 0.1) is 12.7 Å². The fraction of sp³-hybridized carbons (Fsp3) is 0.500. The van der Waals surface area contributed by atoms with Crippen LogP contribution in [0.2, 0.25) is 0 Å². The van der Waals surface area contributed by atoms with Crippen LogP contribution in [0.5, 0.6) is 5.75 Å². The molecule has 2 aromatic carbocycles. The van der Waals surface area contributed by atoms with Gasteiger partial charge in [-0.2, -0.15) is 0 Å². The number of unbranched alkanes of at least 4 members (excludes halogenated alkanes) is 2. The van der Waals surface area contributed by atoms with Crippen LogP contribution in [0.3, 0.4) is 0 Å². The molecule has 1 saturated heterocycles. The Kier molecular flexibility index (Phi) is 7.73. The zero-order chi connectivity index (χ0) is 18.9. The molecule has 146 valence electrons. The molecule has 27 heavy (non-hydrogen) atoms. The van der Waals surface area contributed by atoms with Gasteiger partial charge in [0, 0.05) is 12.5 Å². The van der Waals surface area contributed by atoms with E-state index in [0.717, 1.165) is 44.0 Å². The fourth-order valence-electron chi connectivity index (χ4n) is 3.87. The molecule has 1 aliphatic heterocycles. The number of ether oxygens (including phenoxy) is 1. The van der Waals surface area contributed by atoms with Crippen LogP contribution in [-0.2, 0) is 0 Å². The van der Waals surface area contributed by atoms with Crippen molar-refractivity contribution in [3.8, 4) is 5.75 Å². The van der Waals surface area contributed by atoms with Crippen molar-refractivity contribution in [2.24, 2.45) is 0 Å². The molecule has 0 bridgehead atoms. The van der Waals surface area contributed by atoms with Gasteiger partial charge in [0.2, 0.25) is 0 Å². The number of likely N-dealkylation sites (tertiary alicyclic amines) is 1. The van der Waals surface area contributed by atoms with Crippen LogP contribution in [0.4, 0.5) is 0 Å². The first-order valence-corrected chi connectivity index (χ1v) is 10.5. The number of benzene rings is 2. The molecule has 3 heteroatoms. The van der Waals surface area contributed by atoms with Gasteiger partial charge >= 0.3 is 0 Å². The summed E-state index contributed by atoms with van der Waals surface area (Å²) in [5.41, 5.74) is 2.17. The summed E-state index contributed by atoms with van der Waals surface area (Å²) in [5, 5.41) is 11.2. The molecule has 1 N–H and O–H groups in total. The van der Waals surface area contributed by atoms with Crippen molar-refractivity contribution in [2.45, 2.75) is 51.0 Å². The lowest BCUT2D eigenvalue weighted by molar-refractivity contribution is 0.123. The molecule has 0 amide bonds. The summed E-state index contributed by atoms with van der Waals surface area (Å²) in [6, 6.07) is 18.4. The van der Waals surface area contributed by atoms with Crippen molar-refractivity contribution in [3.05, 3.63) is 65.7 Å².